The third kappa shape index (κ3) is 4.05. The van der Waals surface area contributed by atoms with Crippen molar-refractivity contribution in [1.29, 1.82) is 0 Å². The number of hydrogen-bond acceptors (Lipinski definition) is 5. The minimum absolute atomic E-state index is 0.750. The van der Waals surface area contributed by atoms with Crippen LogP contribution in [0.4, 0.5) is 0 Å². The van der Waals surface area contributed by atoms with Crippen LogP contribution in [0.15, 0.2) is 29.7 Å². The highest BCUT2D eigenvalue weighted by atomic mass is 32.2. The fourth-order valence-electron chi connectivity index (χ4n) is 1.73. The Labute approximate surface area is 123 Å². The van der Waals surface area contributed by atoms with E-state index in [0.29, 0.717) is 0 Å². The number of hydrogen-bond donors (Lipinski definition) is 0. The lowest BCUT2D eigenvalue weighted by Gasteiger charge is -2.04. The molecule has 2 heterocycles. The van der Waals surface area contributed by atoms with Gasteiger partial charge in [0.05, 0.1) is 6.61 Å². The van der Waals surface area contributed by atoms with Crippen LogP contribution in [0.2, 0.25) is 0 Å². The minimum Gasteiger partial charge on any atom is -0.381 e. The van der Waals surface area contributed by atoms with E-state index >= 15 is 0 Å². The summed E-state index contributed by atoms with van der Waals surface area (Å²) in [6.45, 7) is 3.76. The fraction of sp³-hybridized carbons (Fsp3) is 0.500. The number of pyridine rings is 1. The standard InChI is InChI=1S/C14H20N4OS/c1-3-4-8-19-9-10-20-14-17-16-13(18(14)2)12-6-5-7-15-11-12/h5-7,11H,3-4,8-10H2,1-2H3. The van der Waals surface area contributed by atoms with E-state index in [0.717, 1.165) is 41.9 Å². The number of thioether (sulfide) groups is 1. The summed E-state index contributed by atoms with van der Waals surface area (Å²) in [6.07, 6.45) is 5.85. The summed E-state index contributed by atoms with van der Waals surface area (Å²) in [5.74, 6) is 1.73. The average Bonchev–Trinajstić information content (AvgIpc) is 2.85. The zero-order chi connectivity index (χ0) is 14.2. The van der Waals surface area contributed by atoms with Crippen LogP contribution < -0.4 is 0 Å². The summed E-state index contributed by atoms with van der Waals surface area (Å²) in [4.78, 5) is 4.11. The Morgan fingerprint density at radius 1 is 1.30 bits per heavy atom. The van der Waals surface area contributed by atoms with Gasteiger partial charge in [0.15, 0.2) is 11.0 Å². The van der Waals surface area contributed by atoms with Crippen LogP contribution in [0, 0.1) is 0 Å². The molecular weight excluding hydrogens is 272 g/mol. The van der Waals surface area contributed by atoms with Crippen molar-refractivity contribution in [2.24, 2.45) is 7.05 Å². The highest BCUT2D eigenvalue weighted by molar-refractivity contribution is 7.99. The van der Waals surface area contributed by atoms with E-state index in [1.165, 1.54) is 6.42 Å². The first-order valence-electron chi connectivity index (χ1n) is 6.83. The lowest BCUT2D eigenvalue weighted by molar-refractivity contribution is 0.147. The molecule has 2 rings (SSSR count). The molecule has 6 heteroatoms. The number of unbranched alkanes of at least 4 members (excludes halogenated alkanes) is 1. The number of aromatic nitrogens is 4. The molecule has 0 fully saturated rings. The van der Waals surface area contributed by atoms with Gasteiger partial charge in [0.1, 0.15) is 0 Å². The molecule has 0 aliphatic heterocycles. The molecular formula is C14H20N4OS. The van der Waals surface area contributed by atoms with Crippen LogP contribution in [-0.4, -0.2) is 38.7 Å². The van der Waals surface area contributed by atoms with Gasteiger partial charge in [-0.1, -0.05) is 25.1 Å². The van der Waals surface area contributed by atoms with Crippen molar-refractivity contribution in [2.45, 2.75) is 24.9 Å². The first-order valence-corrected chi connectivity index (χ1v) is 7.81. The SMILES string of the molecule is CCCCOCCSc1nnc(-c2cccnc2)n1C. The van der Waals surface area contributed by atoms with E-state index in [1.54, 1.807) is 24.2 Å². The summed E-state index contributed by atoms with van der Waals surface area (Å²) in [5, 5.41) is 9.35. The topological polar surface area (TPSA) is 52.8 Å². The zero-order valence-corrected chi connectivity index (χ0v) is 12.8. The lowest BCUT2D eigenvalue weighted by atomic mass is 10.3. The molecule has 0 radical (unpaired) electrons. The first kappa shape index (κ1) is 15.0. The quantitative estimate of drug-likeness (QED) is 0.553. The molecule has 108 valence electrons. The second-order valence-electron chi connectivity index (χ2n) is 4.42. The van der Waals surface area contributed by atoms with Gasteiger partial charge < -0.3 is 9.30 Å². The van der Waals surface area contributed by atoms with Crippen molar-refractivity contribution in [3.8, 4) is 11.4 Å². The molecule has 20 heavy (non-hydrogen) atoms. The number of nitrogens with zero attached hydrogens (tertiary/aromatic N) is 4. The predicted molar refractivity (Wildman–Crippen MR) is 80.7 cm³/mol. The molecule has 0 N–H and O–H groups in total. The Bertz CT molecular complexity index is 515. The van der Waals surface area contributed by atoms with Crippen molar-refractivity contribution >= 4 is 11.8 Å². The van der Waals surface area contributed by atoms with E-state index in [4.69, 9.17) is 4.74 Å². The third-order valence-electron chi connectivity index (χ3n) is 2.86. The van der Waals surface area contributed by atoms with Crippen LogP contribution in [0.5, 0.6) is 0 Å². The third-order valence-corrected chi connectivity index (χ3v) is 3.84. The summed E-state index contributed by atoms with van der Waals surface area (Å²) in [7, 11) is 1.97. The molecule has 0 saturated heterocycles. The van der Waals surface area contributed by atoms with Crippen LogP contribution >= 0.6 is 11.8 Å². The Morgan fingerprint density at radius 3 is 2.95 bits per heavy atom. The van der Waals surface area contributed by atoms with E-state index < -0.39 is 0 Å². The van der Waals surface area contributed by atoms with E-state index in [9.17, 15) is 0 Å². The fourth-order valence-corrected chi connectivity index (χ4v) is 2.49. The van der Waals surface area contributed by atoms with Gasteiger partial charge in [-0.15, -0.1) is 10.2 Å². The highest BCUT2D eigenvalue weighted by Gasteiger charge is 2.10. The molecule has 0 aliphatic carbocycles. The molecule has 0 aliphatic rings. The summed E-state index contributed by atoms with van der Waals surface area (Å²) >= 11 is 1.66. The highest BCUT2D eigenvalue weighted by Crippen LogP contribution is 2.21. The average molecular weight is 292 g/mol. The Kier molecular flexibility index (Phi) is 6.01. The van der Waals surface area contributed by atoms with Gasteiger partial charge in [-0.2, -0.15) is 0 Å². The van der Waals surface area contributed by atoms with Crippen LogP contribution in [0.25, 0.3) is 11.4 Å². The molecule has 0 unspecified atom stereocenters. The Morgan fingerprint density at radius 2 is 2.20 bits per heavy atom. The zero-order valence-electron chi connectivity index (χ0n) is 12.0. The molecule has 0 aromatic carbocycles. The molecule has 2 aromatic heterocycles. The van der Waals surface area contributed by atoms with Gasteiger partial charge in [-0.05, 0) is 18.6 Å². The first-order chi connectivity index (χ1) is 9.83. The molecule has 0 amide bonds. The van der Waals surface area contributed by atoms with Gasteiger partial charge in [-0.3, -0.25) is 4.98 Å². The maximum Gasteiger partial charge on any atom is 0.191 e. The van der Waals surface area contributed by atoms with E-state index in [1.807, 2.05) is 23.7 Å². The van der Waals surface area contributed by atoms with Gasteiger partial charge >= 0.3 is 0 Å². The van der Waals surface area contributed by atoms with Crippen molar-refractivity contribution < 1.29 is 4.74 Å². The second kappa shape index (κ2) is 8.01. The molecule has 5 nitrogen and oxygen atoms in total. The summed E-state index contributed by atoms with van der Waals surface area (Å²) in [6, 6.07) is 3.89. The molecule has 2 aromatic rings. The molecule has 0 bridgehead atoms. The maximum atomic E-state index is 5.54. The van der Waals surface area contributed by atoms with Gasteiger partial charge in [0.25, 0.3) is 0 Å². The maximum absolute atomic E-state index is 5.54. The molecule has 0 saturated carbocycles. The van der Waals surface area contributed by atoms with Crippen molar-refractivity contribution in [3.63, 3.8) is 0 Å². The van der Waals surface area contributed by atoms with Crippen molar-refractivity contribution in [2.75, 3.05) is 19.0 Å². The van der Waals surface area contributed by atoms with Crippen molar-refractivity contribution in [1.82, 2.24) is 19.7 Å². The largest absolute Gasteiger partial charge is 0.381 e. The van der Waals surface area contributed by atoms with Crippen LogP contribution in [0.1, 0.15) is 19.8 Å². The second-order valence-corrected chi connectivity index (χ2v) is 5.48. The van der Waals surface area contributed by atoms with Gasteiger partial charge in [-0.25, -0.2) is 0 Å². The lowest BCUT2D eigenvalue weighted by Crippen LogP contribution is -2.01. The number of rotatable bonds is 8. The summed E-state index contributed by atoms with van der Waals surface area (Å²) < 4.78 is 7.53. The van der Waals surface area contributed by atoms with Gasteiger partial charge in [0, 0.05) is 37.4 Å². The van der Waals surface area contributed by atoms with Gasteiger partial charge in [0.2, 0.25) is 0 Å². The van der Waals surface area contributed by atoms with Crippen LogP contribution in [-0.2, 0) is 11.8 Å². The van der Waals surface area contributed by atoms with Crippen molar-refractivity contribution in [3.05, 3.63) is 24.5 Å². The van der Waals surface area contributed by atoms with Crippen LogP contribution in [0.3, 0.4) is 0 Å². The monoisotopic (exact) mass is 292 g/mol. The predicted octanol–water partition coefficient (Wildman–Crippen LogP) is 2.79. The van der Waals surface area contributed by atoms with E-state index in [-0.39, 0.29) is 0 Å². The normalized spacial score (nSPS) is 10.9. The minimum atomic E-state index is 0.750. The molecule has 0 atom stereocenters. The Hall–Kier alpha value is -1.40. The smallest absolute Gasteiger partial charge is 0.191 e. The molecule has 0 spiro atoms. The Balaban J connectivity index is 1.86. The number of ether oxygens (including phenoxy) is 1. The van der Waals surface area contributed by atoms with E-state index in [2.05, 4.69) is 22.1 Å². The summed E-state index contributed by atoms with van der Waals surface area (Å²) in [5.41, 5.74) is 0.980.